The minimum atomic E-state index is -0.0784. The molecule has 0 fully saturated rings. The molecule has 0 saturated carbocycles. The van der Waals surface area contributed by atoms with Gasteiger partial charge in [-0.2, -0.15) is 0 Å². The van der Waals surface area contributed by atoms with Crippen molar-refractivity contribution < 1.29 is 9.47 Å². The molecule has 0 amide bonds. The predicted octanol–water partition coefficient (Wildman–Crippen LogP) is 8.03. The average molecular weight is 403 g/mol. The van der Waals surface area contributed by atoms with E-state index in [4.69, 9.17) is 9.47 Å². The first-order valence-corrected chi connectivity index (χ1v) is 12.6. The van der Waals surface area contributed by atoms with Crippen LogP contribution in [-0.2, 0) is 9.47 Å². The third-order valence-electron chi connectivity index (χ3n) is 7.46. The monoisotopic (exact) mass is 402 g/mol. The van der Waals surface area contributed by atoms with Crippen LogP contribution >= 0.6 is 11.8 Å². The lowest BCUT2D eigenvalue weighted by atomic mass is 9.77. The summed E-state index contributed by atoms with van der Waals surface area (Å²) in [6.07, 6.45) is 8.79. The van der Waals surface area contributed by atoms with Crippen molar-refractivity contribution in [3.8, 4) is 0 Å². The molecule has 164 valence electrons. The van der Waals surface area contributed by atoms with Crippen molar-refractivity contribution >= 4 is 11.8 Å². The SMILES string of the molecule is CCOC(CC)(CC)C(CC)(CC)SC(CC)(CC)C(CC)(CC)OCC. The molecule has 3 heteroatoms. The number of rotatable bonds is 16. The number of hydrogen-bond acceptors (Lipinski definition) is 3. The number of ether oxygens (including phenoxy) is 2. The Bertz CT molecular complexity index is 342. The van der Waals surface area contributed by atoms with E-state index < -0.39 is 0 Å². The molecule has 0 heterocycles. The Hall–Kier alpha value is 0.270. The zero-order valence-electron chi connectivity index (χ0n) is 20.3. The summed E-state index contributed by atoms with van der Waals surface area (Å²) in [5, 5.41) is 0. The molecule has 0 bridgehead atoms. The maximum absolute atomic E-state index is 6.59. The fourth-order valence-corrected chi connectivity index (χ4v) is 8.04. The quantitative estimate of drug-likeness (QED) is 0.260. The van der Waals surface area contributed by atoms with Gasteiger partial charge < -0.3 is 9.47 Å². The van der Waals surface area contributed by atoms with Crippen molar-refractivity contribution in [3.05, 3.63) is 0 Å². The van der Waals surface area contributed by atoms with Crippen LogP contribution in [0.1, 0.15) is 121 Å². The van der Waals surface area contributed by atoms with Crippen LogP contribution < -0.4 is 0 Å². The first kappa shape index (κ1) is 27.3. The van der Waals surface area contributed by atoms with Gasteiger partial charge in [-0.05, 0) is 65.2 Å². The predicted molar refractivity (Wildman–Crippen MR) is 124 cm³/mol. The minimum Gasteiger partial charge on any atom is -0.374 e. The van der Waals surface area contributed by atoms with Gasteiger partial charge in [0, 0.05) is 22.7 Å². The molecular weight excluding hydrogens is 352 g/mol. The van der Waals surface area contributed by atoms with Gasteiger partial charge in [-0.3, -0.25) is 0 Å². The van der Waals surface area contributed by atoms with E-state index in [9.17, 15) is 0 Å². The normalized spacial score (nSPS) is 14.0. The topological polar surface area (TPSA) is 18.5 Å². The molecule has 0 aromatic rings. The maximum Gasteiger partial charge on any atom is 0.0823 e. The molecule has 0 atom stereocenters. The van der Waals surface area contributed by atoms with Crippen LogP contribution in [0.2, 0.25) is 0 Å². The van der Waals surface area contributed by atoms with Gasteiger partial charge in [-0.25, -0.2) is 0 Å². The molecule has 0 rings (SSSR count). The van der Waals surface area contributed by atoms with Crippen molar-refractivity contribution in [1.29, 1.82) is 0 Å². The maximum atomic E-state index is 6.59. The summed E-state index contributed by atoms with van der Waals surface area (Å²) in [5.41, 5.74) is -0.157. The van der Waals surface area contributed by atoms with E-state index in [0.717, 1.165) is 64.6 Å². The molecule has 27 heavy (non-hydrogen) atoms. The number of thioether (sulfide) groups is 1. The summed E-state index contributed by atoms with van der Waals surface area (Å²) in [6, 6.07) is 0. The summed E-state index contributed by atoms with van der Waals surface area (Å²) >= 11 is 2.23. The molecule has 0 aliphatic heterocycles. The molecule has 0 radical (unpaired) electrons. The summed E-state index contributed by atoms with van der Waals surface area (Å²) in [7, 11) is 0. The molecule has 0 N–H and O–H groups in total. The number of hydrogen-bond donors (Lipinski definition) is 0. The zero-order chi connectivity index (χ0) is 21.2. The van der Waals surface area contributed by atoms with Gasteiger partial charge in [0.1, 0.15) is 0 Å². The van der Waals surface area contributed by atoms with Gasteiger partial charge in [0.15, 0.2) is 0 Å². The van der Waals surface area contributed by atoms with Gasteiger partial charge >= 0.3 is 0 Å². The highest BCUT2D eigenvalue weighted by molar-refractivity contribution is 8.02. The molecular formula is C24H50O2S. The van der Waals surface area contributed by atoms with E-state index in [1.807, 2.05) is 0 Å². The van der Waals surface area contributed by atoms with Crippen molar-refractivity contribution in [2.24, 2.45) is 0 Å². The first-order valence-electron chi connectivity index (χ1n) is 11.8. The Kier molecular flexibility index (Phi) is 12.2. The van der Waals surface area contributed by atoms with Gasteiger partial charge in [-0.15, -0.1) is 11.8 Å². The molecule has 0 aliphatic carbocycles. The summed E-state index contributed by atoms with van der Waals surface area (Å²) in [6.45, 7) is 24.6. The Balaban J connectivity index is 6.52. The molecule has 0 aromatic heterocycles. The van der Waals surface area contributed by atoms with Crippen LogP contribution in [0, 0.1) is 0 Å². The van der Waals surface area contributed by atoms with Crippen molar-refractivity contribution in [3.63, 3.8) is 0 Å². The van der Waals surface area contributed by atoms with Crippen molar-refractivity contribution in [2.75, 3.05) is 13.2 Å². The third kappa shape index (κ3) is 4.89. The van der Waals surface area contributed by atoms with Crippen molar-refractivity contribution in [2.45, 2.75) is 141 Å². The highest BCUT2D eigenvalue weighted by atomic mass is 32.2. The van der Waals surface area contributed by atoms with E-state index in [1.165, 1.54) is 0 Å². The highest BCUT2D eigenvalue weighted by Gasteiger charge is 2.57. The standard InChI is InChI=1S/C24H50O2S/c1-11-21(12-2,25-19-9)23(15-5,16-6)27-24(17-7,18-8)22(13-3,14-4)26-20-10/h11-20H2,1-10H3. The Morgan fingerprint density at radius 1 is 0.444 bits per heavy atom. The lowest BCUT2D eigenvalue weighted by Crippen LogP contribution is -2.60. The van der Waals surface area contributed by atoms with Crippen LogP contribution in [0.4, 0.5) is 0 Å². The molecule has 2 nitrogen and oxygen atoms in total. The molecule has 0 spiro atoms. The van der Waals surface area contributed by atoms with Crippen LogP contribution in [0.15, 0.2) is 0 Å². The summed E-state index contributed by atoms with van der Waals surface area (Å²) in [5.74, 6) is 0. The second kappa shape index (κ2) is 12.1. The largest absolute Gasteiger partial charge is 0.374 e. The molecule has 0 saturated heterocycles. The van der Waals surface area contributed by atoms with E-state index in [2.05, 4.69) is 81.0 Å². The lowest BCUT2D eigenvalue weighted by Gasteiger charge is -2.57. The van der Waals surface area contributed by atoms with Gasteiger partial charge in [0.2, 0.25) is 0 Å². The first-order chi connectivity index (χ1) is 12.8. The van der Waals surface area contributed by atoms with Gasteiger partial charge in [-0.1, -0.05) is 55.4 Å². The van der Waals surface area contributed by atoms with Gasteiger partial charge in [0.25, 0.3) is 0 Å². The highest BCUT2D eigenvalue weighted by Crippen LogP contribution is 2.59. The minimum absolute atomic E-state index is 0.0784. The molecule has 0 aliphatic rings. The Labute approximate surface area is 175 Å². The van der Waals surface area contributed by atoms with Crippen LogP contribution in [0.3, 0.4) is 0 Å². The summed E-state index contributed by atoms with van der Waals surface area (Å²) in [4.78, 5) is 0. The third-order valence-corrected chi connectivity index (χ3v) is 10.1. The fourth-order valence-electron chi connectivity index (χ4n) is 5.65. The summed E-state index contributed by atoms with van der Waals surface area (Å²) < 4.78 is 13.4. The van der Waals surface area contributed by atoms with Crippen LogP contribution in [0.25, 0.3) is 0 Å². The van der Waals surface area contributed by atoms with E-state index in [-0.39, 0.29) is 20.7 Å². The average Bonchev–Trinajstić information content (AvgIpc) is 2.72. The Morgan fingerprint density at radius 3 is 0.852 bits per heavy atom. The van der Waals surface area contributed by atoms with Crippen LogP contribution in [-0.4, -0.2) is 33.9 Å². The van der Waals surface area contributed by atoms with Gasteiger partial charge in [0.05, 0.1) is 11.2 Å². The molecule has 0 unspecified atom stereocenters. The second-order valence-electron chi connectivity index (χ2n) is 7.77. The lowest BCUT2D eigenvalue weighted by molar-refractivity contribution is -0.0865. The zero-order valence-corrected chi connectivity index (χ0v) is 21.1. The second-order valence-corrected chi connectivity index (χ2v) is 9.54. The van der Waals surface area contributed by atoms with Crippen LogP contribution in [0.5, 0.6) is 0 Å². The van der Waals surface area contributed by atoms with E-state index >= 15 is 0 Å². The Morgan fingerprint density at radius 2 is 0.704 bits per heavy atom. The smallest absolute Gasteiger partial charge is 0.0823 e. The molecule has 0 aromatic carbocycles. The van der Waals surface area contributed by atoms with E-state index in [0.29, 0.717) is 0 Å². The fraction of sp³-hybridized carbons (Fsp3) is 1.00. The van der Waals surface area contributed by atoms with Crippen molar-refractivity contribution in [1.82, 2.24) is 0 Å². The van der Waals surface area contributed by atoms with E-state index in [1.54, 1.807) is 0 Å².